The zero-order chi connectivity index (χ0) is 15.5. The summed E-state index contributed by atoms with van der Waals surface area (Å²) in [6.45, 7) is 4.59. The highest BCUT2D eigenvalue weighted by molar-refractivity contribution is 5.34. The highest BCUT2D eigenvalue weighted by Gasteiger charge is 2.25. The van der Waals surface area contributed by atoms with E-state index in [1.165, 1.54) is 0 Å². The number of aromatic nitrogens is 1. The summed E-state index contributed by atoms with van der Waals surface area (Å²) in [4.78, 5) is 0. The fourth-order valence-electron chi connectivity index (χ4n) is 2.39. The smallest absolute Gasteiger partial charge is 0.120 e. The van der Waals surface area contributed by atoms with Gasteiger partial charge in [-0.05, 0) is 31.0 Å². The maximum atomic E-state index is 9.77. The van der Waals surface area contributed by atoms with Crippen LogP contribution in [-0.2, 0) is 19.1 Å². The van der Waals surface area contributed by atoms with Crippen LogP contribution in [0.25, 0.3) is 0 Å². The average molecular weight is 283 g/mol. The van der Waals surface area contributed by atoms with E-state index in [-0.39, 0.29) is 6.61 Å². The van der Waals surface area contributed by atoms with Crippen molar-refractivity contribution in [1.29, 1.82) is 5.26 Å². The van der Waals surface area contributed by atoms with Crippen molar-refractivity contribution in [2.75, 3.05) is 6.61 Å². The van der Waals surface area contributed by atoms with Crippen molar-refractivity contribution in [3.63, 3.8) is 0 Å². The van der Waals surface area contributed by atoms with Crippen molar-refractivity contribution in [3.8, 4) is 6.07 Å². The van der Waals surface area contributed by atoms with Crippen LogP contribution in [0.1, 0.15) is 29.4 Å². The molecule has 0 saturated carbocycles. The zero-order valence-electron chi connectivity index (χ0n) is 12.7. The quantitative estimate of drug-likeness (QED) is 0.884. The van der Waals surface area contributed by atoms with Crippen LogP contribution in [0.3, 0.4) is 0 Å². The van der Waals surface area contributed by atoms with Crippen LogP contribution in [-0.4, -0.2) is 16.3 Å². The molecule has 4 nitrogen and oxygen atoms in total. The van der Waals surface area contributed by atoms with Gasteiger partial charge in [0, 0.05) is 19.3 Å². The number of nitrogens with zero attached hydrogens (tertiary/aromatic N) is 2. The van der Waals surface area contributed by atoms with E-state index in [2.05, 4.69) is 11.4 Å². The summed E-state index contributed by atoms with van der Waals surface area (Å²) in [5.41, 5.74) is 3.32. The molecule has 0 aliphatic heterocycles. The molecule has 0 fully saturated rings. The number of aliphatic hydroxyl groups excluding tert-OH is 1. The van der Waals surface area contributed by atoms with Gasteiger partial charge in [0.25, 0.3) is 0 Å². The molecule has 0 saturated heterocycles. The summed E-state index contributed by atoms with van der Waals surface area (Å²) in [7, 11) is 1.89. The fraction of sp³-hybridized carbons (Fsp3) is 0.353. The largest absolute Gasteiger partial charge is 0.394 e. The maximum Gasteiger partial charge on any atom is 0.120 e. The number of aliphatic hydroxyl groups is 1. The van der Waals surface area contributed by atoms with E-state index in [0.29, 0.717) is 12.2 Å². The van der Waals surface area contributed by atoms with E-state index in [1.54, 1.807) is 0 Å². The van der Waals surface area contributed by atoms with Crippen molar-refractivity contribution in [1.82, 2.24) is 9.88 Å². The molecule has 1 unspecified atom stereocenters. The Morgan fingerprint density at radius 2 is 2.00 bits per heavy atom. The Hall–Kier alpha value is -2.09. The Balaban J connectivity index is 2.20. The summed E-state index contributed by atoms with van der Waals surface area (Å²) in [5.74, 6) is 0. The number of benzene rings is 1. The first-order valence-corrected chi connectivity index (χ1v) is 6.98. The first-order chi connectivity index (χ1) is 10.0. The Kier molecular flexibility index (Phi) is 4.46. The van der Waals surface area contributed by atoms with Gasteiger partial charge in [-0.15, -0.1) is 0 Å². The Bertz CT molecular complexity index is 655. The number of hydrogen-bond acceptors (Lipinski definition) is 3. The second-order valence-electron chi connectivity index (χ2n) is 5.52. The van der Waals surface area contributed by atoms with Crippen LogP contribution in [0.5, 0.6) is 0 Å². The second-order valence-corrected chi connectivity index (χ2v) is 5.52. The van der Waals surface area contributed by atoms with Gasteiger partial charge in [0.15, 0.2) is 0 Å². The van der Waals surface area contributed by atoms with Gasteiger partial charge < -0.3 is 15.0 Å². The predicted octanol–water partition coefficient (Wildman–Crippen LogP) is 2.20. The fourth-order valence-corrected chi connectivity index (χ4v) is 2.39. The predicted molar refractivity (Wildman–Crippen MR) is 82.6 cm³/mol. The third-order valence-corrected chi connectivity index (χ3v) is 4.15. The molecule has 0 bridgehead atoms. The van der Waals surface area contributed by atoms with Crippen LogP contribution >= 0.6 is 0 Å². The summed E-state index contributed by atoms with van der Waals surface area (Å²) in [6, 6.07) is 14.0. The van der Waals surface area contributed by atoms with Crippen molar-refractivity contribution in [3.05, 3.63) is 58.9 Å². The minimum Gasteiger partial charge on any atom is -0.394 e. The number of nitriles is 1. The lowest BCUT2D eigenvalue weighted by Gasteiger charge is -2.29. The van der Waals surface area contributed by atoms with Crippen LogP contribution in [0, 0.1) is 18.3 Å². The molecule has 1 aromatic carbocycles. The van der Waals surface area contributed by atoms with Gasteiger partial charge >= 0.3 is 0 Å². The summed E-state index contributed by atoms with van der Waals surface area (Å²) in [5, 5.41) is 22.3. The third kappa shape index (κ3) is 2.99. The van der Waals surface area contributed by atoms with Gasteiger partial charge in [-0.3, -0.25) is 0 Å². The first kappa shape index (κ1) is 15.3. The number of hydrogen-bond donors (Lipinski definition) is 2. The molecule has 2 aromatic rings. The van der Waals surface area contributed by atoms with E-state index in [9.17, 15) is 5.11 Å². The molecular weight excluding hydrogens is 262 g/mol. The molecule has 21 heavy (non-hydrogen) atoms. The molecule has 110 valence electrons. The third-order valence-electron chi connectivity index (χ3n) is 4.15. The molecule has 0 aliphatic carbocycles. The monoisotopic (exact) mass is 283 g/mol. The van der Waals surface area contributed by atoms with Gasteiger partial charge in [-0.1, -0.05) is 30.3 Å². The van der Waals surface area contributed by atoms with Crippen LogP contribution in [0.4, 0.5) is 0 Å². The lowest BCUT2D eigenvalue weighted by molar-refractivity contribution is 0.173. The average Bonchev–Trinajstić information content (AvgIpc) is 2.81. The van der Waals surface area contributed by atoms with Gasteiger partial charge in [0.2, 0.25) is 0 Å². The van der Waals surface area contributed by atoms with Gasteiger partial charge in [0.05, 0.1) is 12.1 Å². The molecule has 1 atom stereocenters. The van der Waals surface area contributed by atoms with E-state index >= 15 is 0 Å². The van der Waals surface area contributed by atoms with E-state index < -0.39 is 5.54 Å². The molecule has 1 heterocycles. The summed E-state index contributed by atoms with van der Waals surface area (Å²) in [6.07, 6.45) is 0. The topological polar surface area (TPSA) is 61.0 Å². The minimum absolute atomic E-state index is 0.00794. The van der Waals surface area contributed by atoms with Crippen LogP contribution < -0.4 is 5.32 Å². The van der Waals surface area contributed by atoms with Gasteiger partial charge in [0.1, 0.15) is 11.8 Å². The number of rotatable bonds is 5. The first-order valence-electron chi connectivity index (χ1n) is 6.98. The van der Waals surface area contributed by atoms with Gasteiger partial charge in [-0.25, -0.2) is 0 Å². The number of nitrogens with one attached hydrogen (secondary N) is 1. The molecular formula is C17H21N3O. The molecule has 2 N–H and O–H groups in total. The van der Waals surface area contributed by atoms with Gasteiger partial charge in [-0.2, -0.15) is 5.26 Å². The second kappa shape index (κ2) is 6.13. The minimum atomic E-state index is -0.504. The molecule has 0 spiro atoms. The van der Waals surface area contributed by atoms with E-state index in [1.807, 2.05) is 61.9 Å². The molecule has 0 aliphatic rings. The van der Waals surface area contributed by atoms with Crippen molar-refractivity contribution < 1.29 is 5.11 Å². The molecule has 0 amide bonds. The molecule has 4 heteroatoms. The molecule has 0 radical (unpaired) electrons. The lowest BCUT2D eigenvalue weighted by atomic mass is 9.92. The maximum absolute atomic E-state index is 9.77. The summed E-state index contributed by atoms with van der Waals surface area (Å²) >= 11 is 0. The molecule has 2 rings (SSSR count). The molecule has 1 aromatic heterocycles. The Morgan fingerprint density at radius 1 is 1.33 bits per heavy atom. The Labute approximate surface area is 125 Å². The normalized spacial score (nSPS) is 13.7. The van der Waals surface area contributed by atoms with Crippen molar-refractivity contribution >= 4 is 0 Å². The van der Waals surface area contributed by atoms with E-state index in [4.69, 9.17) is 5.26 Å². The van der Waals surface area contributed by atoms with Crippen LogP contribution in [0.2, 0.25) is 0 Å². The highest BCUT2D eigenvalue weighted by Crippen LogP contribution is 2.22. The summed E-state index contributed by atoms with van der Waals surface area (Å²) < 4.78 is 1.88. The van der Waals surface area contributed by atoms with Crippen LogP contribution in [0.15, 0.2) is 36.4 Å². The zero-order valence-corrected chi connectivity index (χ0v) is 12.7. The lowest BCUT2D eigenvalue weighted by Crippen LogP contribution is -2.42. The van der Waals surface area contributed by atoms with E-state index in [0.717, 1.165) is 16.8 Å². The van der Waals surface area contributed by atoms with Crippen molar-refractivity contribution in [2.45, 2.75) is 25.9 Å². The van der Waals surface area contributed by atoms with Crippen molar-refractivity contribution in [2.24, 2.45) is 7.05 Å². The highest BCUT2D eigenvalue weighted by atomic mass is 16.3. The standard InChI is InChI=1S/C17H21N3O/c1-13-14(9-16(10-18)20(13)3)11-19-17(2,12-21)15-7-5-4-6-8-15/h4-9,19,21H,11-12H2,1-3H3. The SMILES string of the molecule is Cc1c(CNC(C)(CO)c2ccccc2)cc(C#N)n1C. The Morgan fingerprint density at radius 3 is 2.52 bits per heavy atom.